The summed E-state index contributed by atoms with van der Waals surface area (Å²) in [5.41, 5.74) is -0.424. The maximum absolute atomic E-state index is 11.6. The van der Waals surface area contributed by atoms with Gasteiger partial charge in [-0.25, -0.2) is 0 Å². The van der Waals surface area contributed by atoms with Gasteiger partial charge in [0, 0.05) is 12.8 Å². The maximum atomic E-state index is 11.6. The number of carboxylic acids is 1. The number of carboxylic acid groups (broad SMARTS) is 1. The van der Waals surface area contributed by atoms with Gasteiger partial charge < -0.3 is 9.84 Å². The quantitative estimate of drug-likeness (QED) is 0.890. The van der Waals surface area contributed by atoms with E-state index in [1.807, 2.05) is 0 Å². The van der Waals surface area contributed by atoms with Gasteiger partial charge in [-0.1, -0.05) is 12.1 Å². The van der Waals surface area contributed by atoms with Crippen molar-refractivity contribution in [3.63, 3.8) is 0 Å². The molecule has 1 aromatic carbocycles. The van der Waals surface area contributed by atoms with Crippen molar-refractivity contribution in [2.24, 2.45) is 0 Å². The van der Waals surface area contributed by atoms with Gasteiger partial charge >= 0.3 is 5.97 Å². The van der Waals surface area contributed by atoms with Gasteiger partial charge in [0.15, 0.2) is 0 Å². The number of Topliss-reactive ketones (excluding diaryl/α,β-unsaturated/α-hetero) is 1. The van der Waals surface area contributed by atoms with Gasteiger partial charge in [0.05, 0.1) is 12.5 Å². The van der Waals surface area contributed by atoms with Gasteiger partial charge in [-0.2, -0.15) is 0 Å². The predicted molar refractivity (Wildman–Crippen MR) is 65.8 cm³/mol. The fourth-order valence-corrected chi connectivity index (χ4v) is 2.57. The number of carbonyl (C=O) groups is 2. The van der Waals surface area contributed by atoms with Crippen LogP contribution in [-0.2, 0) is 15.0 Å². The lowest BCUT2D eigenvalue weighted by molar-refractivity contribution is -0.147. The molecule has 0 radical (unpaired) electrons. The summed E-state index contributed by atoms with van der Waals surface area (Å²) < 4.78 is 5.12. The molecule has 1 aromatic rings. The first kappa shape index (κ1) is 12.6. The van der Waals surface area contributed by atoms with Gasteiger partial charge in [-0.05, 0) is 30.5 Å². The molecule has 1 saturated carbocycles. The van der Waals surface area contributed by atoms with Gasteiger partial charge in [0.2, 0.25) is 0 Å². The predicted octanol–water partition coefficient (Wildman–Crippen LogP) is 2.16. The Labute approximate surface area is 106 Å². The lowest BCUT2D eigenvalue weighted by Gasteiger charge is -2.32. The molecule has 1 fully saturated rings. The SMILES string of the molecule is COc1cccc(C2(C(=O)O)CCCC(=O)C2)c1. The van der Waals surface area contributed by atoms with Crippen molar-refractivity contribution in [3.8, 4) is 5.75 Å². The van der Waals surface area contributed by atoms with Crippen molar-refractivity contribution in [1.82, 2.24) is 0 Å². The van der Waals surface area contributed by atoms with Crippen LogP contribution in [-0.4, -0.2) is 24.0 Å². The molecule has 0 amide bonds. The zero-order chi connectivity index (χ0) is 13.2. The Kier molecular flexibility index (Phi) is 3.36. The van der Waals surface area contributed by atoms with Crippen LogP contribution >= 0.6 is 0 Å². The van der Waals surface area contributed by atoms with Crippen molar-refractivity contribution in [2.45, 2.75) is 31.1 Å². The maximum Gasteiger partial charge on any atom is 0.314 e. The number of hydrogen-bond acceptors (Lipinski definition) is 3. The molecule has 96 valence electrons. The summed E-state index contributed by atoms with van der Waals surface area (Å²) in [6.45, 7) is 0. The second kappa shape index (κ2) is 4.80. The minimum absolute atomic E-state index is 0.0199. The largest absolute Gasteiger partial charge is 0.497 e. The van der Waals surface area contributed by atoms with Crippen LogP contribution in [0.3, 0.4) is 0 Å². The van der Waals surface area contributed by atoms with Crippen LogP contribution in [0.25, 0.3) is 0 Å². The summed E-state index contributed by atoms with van der Waals surface area (Å²) in [7, 11) is 1.54. The van der Waals surface area contributed by atoms with Gasteiger partial charge in [0.1, 0.15) is 11.5 Å². The number of benzene rings is 1. The lowest BCUT2D eigenvalue weighted by Crippen LogP contribution is -2.40. The first-order valence-electron chi connectivity index (χ1n) is 5.98. The number of ether oxygens (including phenoxy) is 1. The van der Waals surface area contributed by atoms with Gasteiger partial charge in [-0.3, -0.25) is 9.59 Å². The van der Waals surface area contributed by atoms with Crippen molar-refractivity contribution in [1.29, 1.82) is 0 Å². The van der Waals surface area contributed by atoms with E-state index < -0.39 is 11.4 Å². The Balaban J connectivity index is 2.46. The molecule has 1 aliphatic carbocycles. The number of aliphatic carboxylic acids is 1. The van der Waals surface area contributed by atoms with E-state index in [1.165, 1.54) is 0 Å². The molecular formula is C14H16O4. The number of rotatable bonds is 3. The molecule has 0 spiro atoms. The minimum atomic E-state index is -1.08. The highest BCUT2D eigenvalue weighted by Gasteiger charge is 2.44. The Hall–Kier alpha value is -1.84. The summed E-state index contributed by atoms with van der Waals surface area (Å²) >= 11 is 0. The van der Waals surface area contributed by atoms with E-state index in [1.54, 1.807) is 31.4 Å². The van der Waals surface area contributed by atoms with Crippen LogP contribution in [0.4, 0.5) is 0 Å². The smallest absolute Gasteiger partial charge is 0.314 e. The summed E-state index contributed by atoms with van der Waals surface area (Å²) in [4.78, 5) is 23.2. The second-order valence-corrected chi connectivity index (χ2v) is 4.69. The van der Waals surface area contributed by atoms with Crippen molar-refractivity contribution < 1.29 is 19.4 Å². The minimum Gasteiger partial charge on any atom is -0.497 e. The topological polar surface area (TPSA) is 63.6 Å². The van der Waals surface area contributed by atoms with Crippen LogP contribution in [0.15, 0.2) is 24.3 Å². The molecule has 2 rings (SSSR count). The van der Waals surface area contributed by atoms with E-state index in [2.05, 4.69) is 0 Å². The third-order valence-electron chi connectivity index (χ3n) is 3.59. The molecule has 1 unspecified atom stereocenters. The third kappa shape index (κ3) is 2.10. The molecule has 0 saturated heterocycles. The zero-order valence-corrected chi connectivity index (χ0v) is 10.3. The molecule has 1 aliphatic rings. The Morgan fingerprint density at radius 1 is 1.44 bits per heavy atom. The van der Waals surface area contributed by atoms with Crippen LogP contribution in [0.5, 0.6) is 5.75 Å². The molecular weight excluding hydrogens is 232 g/mol. The summed E-state index contributed by atoms with van der Waals surface area (Å²) in [6.07, 6.45) is 1.69. The average Bonchev–Trinajstić information content (AvgIpc) is 2.38. The summed E-state index contributed by atoms with van der Waals surface area (Å²) in [5, 5.41) is 9.53. The Morgan fingerprint density at radius 3 is 2.83 bits per heavy atom. The van der Waals surface area contributed by atoms with E-state index in [-0.39, 0.29) is 12.2 Å². The van der Waals surface area contributed by atoms with E-state index >= 15 is 0 Å². The molecule has 1 atom stereocenters. The van der Waals surface area contributed by atoms with Crippen LogP contribution < -0.4 is 4.74 Å². The highest BCUT2D eigenvalue weighted by molar-refractivity contribution is 5.91. The molecule has 0 aromatic heterocycles. The van der Waals surface area contributed by atoms with Gasteiger partial charge in [0.25, 0.3) is 0 Å². The van der Waals surface area contributed by atoms with E-state index in [9.17, 15) is 14.7 Å². The Morgan fingerprint density at radius 2 is 2.22 bits per heavy atom. The molecule has 4 nitrogen and oxygen atoms in total. The normalized spacial score (nSPS) is 23.7. The standard InChI is InChI=1S/C14H16O4/c1-18-12-6-2-4-10(8-12)14(13(16)17)7-3-5-11(15)9-14/h2,4,6,8H,3,5,7,9H2,1H3,(H,16,17). The van der Waals surface area contributed by atoms with Crippen molar-refractivity contribution >= 4 is 11.8 Å². The monoisotopic (exact) mass is 248 g/mol. The van der Waals surface area contributed by atoms with Crippen molar-refractivity contribution in [3.05, 3.63) is 29.8 Å². The zero-order valence-electron chi connectivity index (χ0n) is 10.3. The lowest BCUT2D eigenvalue weighted by atomic mass is 9.69. The molecule has 1 N–H and O–H groups in total. The highest BCUT2D eigenvalue weighted by Crippen LogP contribution is 2.39. The molecule has 0 bridgehead atoms. The highest BCUT2D eigenvalue weighted by atomic mass is 16.5. The van der Waals surface area contributed by atoms with Crippen LogP contribution in [0.1, 0.15) is 31.2 Å². The fraction of sp³-hybridized carbons (Fsp3) is 0.429. The van der Waals surface area contributed by atoms with E-state index in [4.69, 9.17) is 4.74 Å². The average molecular weight is 248 g/mol. The summed E-state index contributed by atoms with van der Waals surface area (Å²) in [5.74, 6) is -0.290. The first-order valence-corrected chi connectivity index (χ1v) is 5.98. The Bertz CT molecular complexity index is 480. The van der Waals surface area contributed by atoms with E-state index in [0.717, 1.165) is 0 Å². The molecule has 18 heavy (non-hydrogen) atoms. The van der Waals surface area contributed by atoms with Gasteiger partial charge in [-0.15, -0.1) is 0 Å². The van der Waals surface area contributed by atoms with Crippen molar-refractivity contribution in [2.75, 3.05) is 7.11 Å². The molecule has 4 heteroatoms. The number of hydrogen-bond donors (Lipinski definition) is 1. The number of carbonyl (C=O) groups excluding carboxylic acids is 1. The number of ketones is 1. The van der Waals surface area contributed by atoms with Crippen LogP contribution in [0, 0.1) is 0 Å². The molecule has 0 heterocycles. The van der Waals surface area contributed by atoms with Crippen LogP contribution in [0.2, 0.25) is 0 Å². The number of methoxy groups -OCH3 is 1. The third-order valence-corrected chi connectivity index (χ3v) is 3.59. The van der Waals surface area contributed by atoms with E-state index in [0.29, 0.717) is 30.6 Å². The second-order valence-electron chi connectivity index (χ2n) is 4.69. The molecule has 0 aliphatic heterocycles. The summed E-state index contributed by atoms with van der Waals surface area (Å²) in [6, 6.07) is 7.00. The first-order chi connectivity index (χ1) is 8.58. The fourth-order valence-electron chi connectivity index (χ4n) is 2.57.